The van der Waals surface area contributed by atoms with Crippen molar-refractivity contribution in [3.63, 3.8) is 0 Å². The van der Waals surface area contributed by atoms with E-state index in [0.717, 1.165) is 44.9 Å². The molecule has 3 atom stereocenters. The Morgan fingerprint density at radius 1 is 0.744 bits per heavy atom. The zero-order valence-electron chi connectivity index (χ0n) is 24.0. The van der Waals surface area contributed by atoms with Crippen molar-refractivity contribution in [3.8, 4) is 0 Å². The van der Waals surface area contributed by atoms with Crippen LogP contribution >= 0.6 is 17.2 Å². The monoisotopic (exact) mass is 596 g/mol. The molecule has 0 fully saturated rings. The smallest absolute Gasteiger partial charge is 0.334 e. The van der Waals surface area contributed by atoms with Crippen molar-refractivity contribution in [1.82, 2.24) is 0 Å². The van der Waals surface area contributed by atoms with Crippen molar-refractivity contribution < 1.29 is 44.3 Å². The van der Waals surface area contributed by atoms with Gasteiger partial charge in [0, 0.05) is 0 Å². The van der Waals surface area contributed by atoms with Crippen LogP contribution < -0.4 is 0 Å². The molecule has 0 heterocycles. The molecule has 11 heteroatoms. The molecular weight excluding hydrogens is 542 g/mol. The van der Waals surface area contributed by atoms with E-state index < -0.39 is 47.5 Å². The molecule has 0 saturated heterocycles. The fourth-order valence-electron chi connectivity index (χ4n) is 5.12. The maximum absolute atomic E-state index is 12.2. The van der Waals surface area contributed by atoms with Gasteiger partial charge in [0.05, 0.1) is 24.7 Å². The summed E-state index contributed by atoms with van der Waals surface area (Å²) in [5, 5.41) is 44.5. The average Bonchev–Trinajstić information content (AvgIpc) is 2.91. The molecule has 9 nitrogen and oxygen atoms in total. The SMILES string of the molecule is CCCCCCCCCC(O)C(CO)(CO)C(O)(CC(CC)CCCC)c1ccccc1.OP(O)OP(O)O. The highest BCUT2D eigenvalue weighted by Gasteiger charge is 2.55. The normalized spacial score (nSPS) is 15.1. The Kier molecular flexibility index (Phi) is 22.2. The standard InChI is InChI=1S/C28H50O4.H4O5P2/c1-4-7-9-10-11-12-16-20-26(31)27(22-29,23-30)28(32,25-18-14-13-15-19-25)21-24(6-3)17-8-5-2;1-6(2)5-7(3)4/h13-15,18-19,24,26,29-32H,4-12,16-17,20-23H2,1-3H3;1-4H. The minimum Gasteiger partial charge on any atom is -0.395 e. The van der Waals surface area contributed by atoms with E-state index in [1.54, 1.807) is 0 Å². The zero-order valence-corrected chi connectivity index (χ0v) is 25.8. The number of rotatable bonds is 21. The highest BCUT2D eigenvalue weighted by molar-refractivity contribution is 7.53. The lowest BCUT2D eigenvalue weighted by molar-refractivity contribution is -0.201. The van der Waals surface area contributed by atoms with Gasteiger partial charge < -0.3 is 40.0 Å². The molecule has 0 aromatic heterocycles. The number of benzene rings is 1. The topological polar surface area (TPSA) is 171 Å². The van der Waals surface area contributed by atoms with Crippen LogP contribution in [0.4, 0.5) is 0 Å². The highest BCUT2D eigenvalue weighted by atomic mass is 31.2. The van der Waals surface area contributed by atoms with Gasteiger partial charge >= 0.3 is 17.2 Å². The predicted octanol–water partition coefficient (Wildman–Crippen LogP) is 5.38. The number of aliphatic hydroxyl groups excluding tert-OH is 3. The van der Waals surface area contributed by atoms with Crippen molar-refractivity contribution in [2.24, 2.45) is 11.3 Å². The van der Waals surface area contributed by atoms with Crippen LogP contribution in [0.15, 0.2) is 30.3 Å². The van der Waals surface area contributed by atoms with Crippen LogP contribution in [0.5, 0.6) is 0 Å². The van der Waals surface area contributed by atoms with Crippen LogP contribution in [0, 0.1) is 11.3 Å². The van der Waals surface area contributed by atoms with E-state index >= 15 is 0 Å². The second kappa shape index (κ2) is 22.3. The summed E-state index contributed by atoms with van der Waals surface area (Å²) in [5.74, 6) is 0.253. The van der Waals surface area contributed by atoms with Crippen LogP contribution in [-0.4, -0.2) is 59.3 Å². The second-order valence-electron chi connectivity index (χ2n) is 10.3. The third kappa shape index (κ3) is 14.0. The maximum atomic E-state index is 12.2. The van der Waals surface area contributed by atoms with Crippen molar-refractivity contribution in [2.75, 3.05) is 13.2 Å². The van der Waals surface area contributed by atoms with Crippen LogP contribution in [-0.2, 0) is 9.91 Å². The summed E-state index contributed by atoms with van der Waals surface area (Å²) >= 11 is 0. The van der Waals surface area contributed by atoms with Gasteiger partial charge in [0.2, 0.25) is 0 Å². The predicted molar refractivity (Wildman–Crippen MR) is 157 cm³/mol. The number of hydrogen-bond acceptors (Lipinski definition) is 9. The summed E-state index contributed by atoms with van der Waals surface area (Å²) in [6.45, 7) is 5.57. The Labute approximate surface area is 237 Å². The first kappa shape index (κ1) is 38.7. The Bertz CT molecular complexity index is 687. The summed E-state index contributed by atoms with van der Waals surface area (Å²) in [7, 11) is -5.22. The van der Waals surface area contributed by atoms with Gasteiger partial charge in [-0.1, -0.05) is 122 Å². The van der Waals surface area contributed by atoms with Crippen LogP contribution in [0.25, 0.3) is 0 Å². The quantitative estimate of drug-likeness (QED) is 0.0685. The first-order valence-corrected chi connectivity index (χ1v) is 16.6. The van der Waals surface area contributed by atoms with Crippen molar-refractivity contribution in [2.45, 2.75) is 116 Å². The van der Waals surface area contributed by atoms with E-state index in [9.17, 15) is 20.4 Å². The van der Waals surface area contributed by atoms with E-state index in [4.69, 9.17) is 19.6 Å². The molecule has 0 bridgehead atoms. The van der Waals surface area contributed by atoms with E-state index in [1.165, 1.54) is 25.7 Å². The molecule has 1 aromatic rings. The number of aliphatic hydroxyl groups is 4. The fourth-order valence-corrected chi connectivity index (χ4v) is 5.64. The van der Waals surface area contributed by atoms with Gasteiger partial charge in [0.25, 0.3) is 0 Å². The molecule has 0 radical (unpaired) electrons. The average molecular weight is 597 g/mol. The van der Waals surface area contributed by atoms with Gasteiger partial charge in [-0.15, -0.1) is 0 Å². The second-order valence-corrected chi connectivity index (χ2v) is 12.0. The van der Waals surface area contributed by atoms with E-state index in [2.05, 4.69) is 25.1 Å². The lowest BCUT2D eigenvalue weighted by Crippen LogP contribution is -2.58. The van der Waals surface area contributed by atoms with E-state index in [1.807, 2.05) is 30.3 Å². The van der Waals surface area contributed by atoms with Gasteiger partial charge in [-0.3, -0.25) is 0 Å². The molecule has 39 heavy (non-hydrogen) atoms. The molecular formula is C28H54O9P2. The minimum atomic E-state index is -2.61. The summed E-state index contributed by atoms with van der Waals surface area (Å²) < 4.78 is 3.60. The van der Waals surface area contributed by atoms with Gasteiger partial charge in [-0.05, 0) is 24.3 Å². The van der Waals surface area contributed by atoms with Gasteiger partial charge in [-0.25, -0.2) is 4.31 Å². The summed E-state index contributed by atoms with van der Waals surface area (Å²) in [4.78, 5) is 31.3. The molecule has 230 valence electrons. The lowest BCUT2D eigenvalue weighted by atomic mass is 9.61. The van der Waals surface area contributed by atoms with Crippen molar-refractivity contribution in [3.05, 3.63) is 35.9 Å². The Hall–Kier alpha value is -0.280. The molecule has 3 unspecified atom stereocenters. The molecule has 0 aliphatic rings. The zero-order chi connectivity index (χ0) is 29.7. The van der Waals surface area contributed by atoms with Crippen molar-refractivity contribution >= 4 is 17.2 Å². The van der Waals surface area contributed by atoms with Crippen molar-refractivity contribution in [1.29, 1.82) is 0 Å². The lowest BCUT2D eigenvalue weighted by Gasteiger charge is -2.50. The molecule has 0 aliphatic carbocycles. The highest BCUT2D eigenvalue weighted by Crippen LogP contribution is 2.48. The number of unbranched alkanes of at least 4 members (excludes halogenated alkanes) is 7. The Morgan fingerprint density at radius 2 is 1.26 bits per heavy atom. The third-order valence-corrected chi connectivity index (χ3v) is 8.80. The summed E-state index contributed by atoms with van der Waals surface area (Å²) in [6.07, 6.45) is 11.9. The van der Waals surface area contributed by atoms with Gasteiger partial charge in [-0.2, -0.15) is 0 Å². The first-order valence-electron chi connectivity index (χ1n) is 14.3. The van der Waals surface area contributed by atoms with Gasteiger partial charge in [0.15, 0.2) is 0 Å². The molecule has 0 amide bonds. The van der Waals surface area contributed by atoms with Crippen LogP contribution in [0.3, 0.4) is 0 Å². The largest absolute Gasteiger partial charge is 0.395 e. The fraction of sp³-hybridized carbons (Fsp3) is 0.786. The maximum Gasteiger partial charge on any atom is 0.334 e. The first-order chi connectivity index (χ1) is 18.6. The van der Waals surface area contributed by atoms with Gasteiger partial charge in [0.1, 0.15) is 5.60 Å². The minimum absolute atomic E-state index is 0.253. The van der Waals surface area contributed by atoms with E-state index in [0.29, 0.717) is 18.4 Å². The molecule has 8 N–H and O–H groups in total. The van der Waals surface area contributed by atoms with Crippen LogP contribution in [0.1, 0.15) is 110 Å². The Balaban J connectivity index is 0.00000181. The molecule has 0 spiro atoms. The molecule has 1 rings (SSSR count). The van der Waals surface area contributed by atoms with Crippen LogP contribution in [0.2, 0.25) is 0 Å². The molecule has 0 saturated carbocycles. The number of hydrogen-bond donors (Lipinski definition) is 8. The molecule has 1 aromatic carbocycles. The molecule has 0 aliphatic heterocycles. The third-order valence-electron chi connectivity index (χ3n) is 7.63. The summed E-state index contributed by atoms with van der Waals surface area (Å²) in [6, 6.07) is 9.35. The Morgan fingerprint density at radius 3 is 1.69 bits per heavy atom. The van der Waals surface area contributed by atoms with E-state index in [-0.39, 0.29) is 5.92 Å². The summed E-state index contributed by atoms with van der Waals surface area (Å²) in [5.41, 5.74) is -2.25.